The number of thiazole rings is 1. The zero-order chi connectivity index (χ0) is 13.0. The van der Waals surface area contributed by atoms with Crippen LogP contribution in [0.4, 0.5) is 0 Å². The summed E-state index contributed by atoms with van der Waals surface area (Å²) in [5, 5.41) is 7.43. The van der Waals surface area contributed by atoms with Crippen molar-refractivity contribution < 1.29 is 4.52 Å². The number of hydrogen-bond donors (Lipinski definition) is 1. The van der Waals surface area contributed by atoms with Crippen LogP contribution in [0.1, 0.15) is 39.0 Å². The van der Waals surface area contributed by atoms with E-state index in [-0.39, 0.29) is 5.92 Å². The average molecular weight is 266 g/mol. The first-order valence-corrected chi connectivity index (χ1v) is 7.10. The summed E-state index contributed by atoms with van der Waals surface area (Å²) in [5.74, 6) is 1.59. The zero-order valence-electron chi connectivity index (χ0n) is 10.9. The number of likely N-dealkylation sites (N-methyl/N-ethyl adjacent to an activating group) is 1. The fourth-order valence-electron chi connectivity index (χ4n) is 2.02. The molecule has 18 heavy (non-hydrogen) atoms. The van der Waals surface area contributed by atoms with Crippen molar-refractivity contribution in [3.8, 4) is 10.7 Å². The van der Waals surface area contributed by atoms with Crippen LogP contribution < -0.4 is 5.32 Å². The third kappa shape index (κ3) is 2.76. The van der Waals surface area contributed by atoms with Crippen molar-refractivity contribution in [3.05, 3.63) is 17.6 Å². The van der Waals surface area contributed by atoms with E-state index in [1.165, 1.54) is 11.3 Å². The number of hydrogen-bond acceptors (Lipinski definition) is 6. The third-order valence-electron chi connectivity index (χ3n) is 2.98. The number of nitrogens with zero attached hydrogens (tertiary/aromatic N) is 3. The molecule has 0 fully saturated rings. The summed E-state index contributed by atoms with van der Waals surface area (Å²) in [5.41, 5.74) is 1.77. The fourth-order valence-corrected chi connectivity index (χ4v) is 2.56. The molecule has 2 aromatic rings. The highest BCUT2D eigenvalue weighted by Crippen LogP contribution is 2.26. The highest BCUT2D eigenvalue weighted by Gasteiger charge is 2.23. The number of rotatable bonds is 6. The van der Waals surface area contributed by atoms with Crippen molar-refractivity contribution in [2.24, 2.45) is 0 Å². The van der Waals surface area contributed by atoms with Gasteiger partial charge in [-0.05, 0) is 19.9 Å². The quantitative estimate of drug-likeness (QED) is 0.871. The van der Waals surface area contributed by atoms with E-state index in [1.807, 2.05) is 0 Å². The van der Waals surface area contributed by atoms with Gasteiger partial charge >= 0.3 is 0 Å². The molecule has 2 atom stereocenters. The lowest BCUT2D eigenvalue weighted by atomic mass is 9.98. The van der Waals surface area contributed by atoms with Crippen molar-refractivity contribution in [1.82, 2.24) is 20.4 Å². The van der Waals surface area contributed by atoms with E-state index in [0.29, 0.717) is 17.8 Å². The summed E-state index contributed by atoms with van der Waals surface area (Å²) in [4.78, 5) is 9.44. The molecular formula is C12H18N4OS. The molecule has 2 heterocycles. The first-order chi connectivity index (χ1) is 8.76. The van der Waals surface area contributed by atoms with E-state index in [9.17, 15) is 0 Å². The lowest BCUT2D eigenvalue weighted by molar-refractivity contribution is 0.318. The van der Waals surface area contributed by atoms with Gasteiger partial charge in [-0.15, -0.1) is 11.3 Å². The number of nitrogens with one attached hydrogen (secondary N) is 1. The lowest BCUT2D eigenvalue weighted by Gasteiger charge is -2.19. The molecule has 0 spiro atoms. The summed E-state index contributed by atoms with van der Waals surface area (Å²) in [6, 6.07) is 0.328. The van der Waals surface area contributed by atoms with Gasteiger partial charge in [0.2, 0.25) is 11.7 Å². The van der Waals surface area contributed by atoms with Crippen LogP contribution in [-0.4, -0.2) is 27.7 Å². The molecule has 6 heteroatoms. The van der Waals surface area contributed by atoms with Gasteiger partial charge in [-0.1, -0.05) is 19.0 Å². The Morgan fingerprint density at radius 3 is 2.89 bits per heavy atom. The smallest absolute Gasteiger partial charge is 0.231 e. The van der Waals surface area contributed by atoms with Crippen molar-refractivity contribution >= 4 is 11.3 Å². The Balaban J connectivity index is 2.17. The Bertz CT molecular complexity index is 468. The van der Waals surface area contributed by atoms with E-state index in [4.69, 9.17) is 4.52 Å². The van der Waals surface area contributed by atoms with Gasteiger partial charge in [0.05, 0.1) is 16.3 Å². The van der Waals surface area contributed by atoms with Gasteiger partial charge in [-0.2, -0.15) is 4.98 Å². The highest BCUT2D eigenvalue weighted by atomic mass is 32.1. The molecule has 0 aromatic carbocycles. The summed E-state index contributed by atoms with van der Waals surface area (Å²) in [6.45, 7) is 7.32. The molecular weight excluding hydrogens is 248 g/mol. The molecule has 2 aromatic heterocycles. The van der Waals surface area contributed by atoms with Gasteiger partial charge in [0.1, 0.15) is 0 Å². The number of aromatic nitrogens is 3. The standard InChI is InChI=1S/C12H18N4OS/c1-4-9(8(3)14-5-2)12-15-11(16-17-12)10-6-13-7-18-10/h6-9,14H,4-5H2,1-3H3. The second kappa shape index (κ2) is 6.06. The fraction of sp³-hybridized carbons (Fsp3) is 0.583. The van der Waals surface area contributed by atoms with E-state index in [2.05, 4.69) is 41.2 Å². The van der Waals surface area contributed by atoms with Gasteiger partial charge in [0.25, 0.3) is 0 Å². The lowest BCUT2D eigenvalue weighted by Crippen LogP contribution is -2.31. The monoisotopic (exact) mass is 266 g/mol. The normalized spacial score (nSPS) is 14.6. The van der Waals surface area contributed by atoms with E-state index in [1.54, 1.807) is 11.7 Å². The molecule has 0 aliphatic carbocycles. The first-order valence-electron chi connectivity index (χ1n) is 6.22. The molecule has 2 rings (SSSR count). The van der Waals surface area contributed by atoms with Crippen LogP contribution in [0.15, 0.2) is 16.2 Å². The van der Waals surface area contributed by atoms with Gasteiger partial charge in [0.15, 0.2) is 0 Å². The summed E-state index contributed by atoms with van der Waals surface area (Å²) < 4.78 is 5.39. The van der Waals surface area contributed by atoms with Crippen LogP contribution in [0.2, 0.25) is 0 Å². The van der Waals surface area contributed by atoms with Crippen LogP contribution in [0.3, 0.4) is 0 Å². The topological polar surface area (TPSA) is 63.8 Å². The van der Waals surface area contributed by atoms with Crippen molar-refractivity contribution in [2.75, 3.05) is 6.54 Å². The molecule has 0 saturated carbocycles. The third-order valence-corrected chi connectivity index (χ3v) is 3.75. The van der Waals surface area contributed by atoms with Crippen molar-refractivity contribution in [2.45, 2.75) is 39.2 Å². The van der Waals surface area contributed by atoms with Crippen LogP contribution in [0.5, 0.6) is 0 Å². The molecule has 1 N–H and O–H groups in total. The largest absolute Gasteiger partial charge is 0.339 e. The summed E-state index contributed by atoms with van der Waals surface area (Å²) in [6.07, 6.45) is 2.73. The highest BCUT2D eigenvalue weighted by molar-refractivity contribution is 7.13. The van der Waals surface area contributed by atoms with Crippen LogP contribution >= 0.6 is 11.3 Å². The van der Waals surface area contributed by atoms with Crippen LogP contribution in [-0.2, 0) is 0 Å². The molecule has 5 nitrogen and oxygen atoms in total. The molecule has 0 aliphatic rings. The predicted molar refractivity (Wildman–Crippen MR) is 71.6 cm³/mol. The molecule has 0 bridgehead atoms. The SMILES string of the molecule is CCNC(C)C(CC)c1nc(-c2cncs2)no1. The van der Waals surface area contributed by atoms with Gasteiger partial charge < -0.3 is 9.84 Å². The maximum absolute atomic E-state index is 5.39. The predicted octanol–water partition coefficient (Wildman–Crippen LogP) is 2.68. The van der Waals surface area contributed by atoms with Crippen LogP contribution in [0, 0.1) is 0 Å². The zero-order valence-corrected chi connectivity index (χ0v) is 11.7. The minimum atomic E-state index is 0.249. The van der Waals surface area contributed by atoms with Crippen molar-refractivity contribution in [3.63, 3.8) is 0 Å². The minimum absolute atomic E-state index is 0.249. The van der Waals surface area contributed by atoms with Crippen LogP contribution in [0.25, 0.3) is 10.7 Å². The van der Waals surface area contributed by atoms with Crippen molar-refractivity contribution in [1.29, 1.82) is 0 Å². The Kier molecular flexibility index (Phi) is 4.43. The Hall–Kier alpha value is -1.27. The molecule has 0 aliphatic heterocycles. The summed E-state index contributed by atoms with van der Waals surface area (Å²) in [7, 11) is 0. The maximum atomic E-state index is 5.39. The van der Waals surface area contributed by atoms with E-state index < -0.39 is 0 Å². The molecule has 2 unspecified atom stereocenters. The van der Waals surface area contributed by atoms with E-state index in [0.717, 1.165) is 17.8 Å². The van der Waals surface area contributed by atoms with Gasteiger partial charge in [-0.25, -0.2) is 0 Å². The molecule has 0 saturated heterocycles. The summed E-state index contributed by atoms with van der Waals surface area (Å²) >= 11 is 1.52. The minimum Gasteiger partial charge on any atom is -0.339 e. The second-order valence-electron chi connectivity index (χ2n) is 4.18. The van der Waals surface area contributed by atoms with E-state index >= 15 is 0 Å². The Morgan fingerprint density at radius 1 is 1.44 bits per heavy atom. The molecule has 0 amide bonds. The average Bonchev–Trinajstić information content (AvgIpc) is 3.00. The second-order valence-corrected chi connectivity index (χ2v) is 5.07. The Labute approximate surface area is 111 Å². The van der Waals surface area contributed by atoms with Gasteiger partial charge in [0, 0.05) is 12.2 Å². The first kappa shape index (κ1) is 13.2. The maximum Gasteiger partial charge on any atom is 0.231 e. The van der Waals surface area contributed by atoms with Gasteiger partial charge in [-0.3, -0.25) is 4.98 Å². The Morgan fingerprint density at radius 2 is 2.28 bits per heavy atom. The molecule has 98 valence electrons. The molecule has 0 radical (unpaired) electrons.